The Morgan fingerprint density at radius 3 is 2.52 bits per heavy atom. The number of carbonyl (C=O) groups excluding carboxylic acids is 2. The standard InChI is InChI=1S/C24H34O5/c1-12(2)21(27)29-23-10-14(4)24(28)17-7-13(3)19(26)16(17)8-15(11-25)9-18(24)20(23)22(23,5)6/h7,9,12,14,16-18,20,25,28H,8,10-11H2,1-6H3/t14-,16+,17-,18+,20-,23+,24+/m1/s1. The summed E-state index contributed by atoms with van der Waals surface area (Å²) in [5, 5.41) is 22.2. The van der Waals surface area contributed by atoms with Crippen LogP contribution in [0.4, 0.5) is 0 Å². The average Bonchev–Trinajstić information content (AvgIpc) is 3.01. The van der Waals surface area contributed by atoms with Crippen LogP contribution in [-0.2, 0) is 14.3 Å². The molecular weight excluding hydrogens is 368 g/mol. The van der Waals surface area contributed by atoms with E-state index in [0.29, 0.717) is 18.4 Å². The Morgan fingerprint density at radius 1 is 1.28 bits per heavy atom. The largest absolute Gasteiger partial charge is 0.458 e. The zero-order valence-corrected chi connectivity index (χ0v) is 18.4. The second-order valence-electron chi connectivity index (χ2n) is 10.7. The van der Waals surface area contributed by atoms with Crippen molar-refractivity contribution in [2.24, 2.45) is 40.9 Å². The van der Waals surface area contributed by atoms with Gasteiger partial charge in [-0.05, 0) is 36.8 Å². The van der Waals surface area contributed by atoms with Gasteiger partial charge in [-0.1, -0.05) is 46.8 Å². The molecule has 0 heterocycles. The topological polar surface area (TPSA) is 83.8 Å². The quantitative estimate of drug-likeness (QED) is 0.560. The highest BCUT2D eigenvalue weighted by Gasteiger charge is 2.82. The van der Waals surface area contributed by atoms with E-state index in [1.54, 1.807) is 0 Å². The zero-order chi connectivity index (χ0) is 21.5. The molecule has 0 aromatic rings. The maximum Gasteiger partial charge on any atom is 0.308 e. The molecule has 5 nitrogen and oxygen atoms in total. The Morgan fingerprint density at radius 2 is 1.93 bits per heavy atom. The lowest BCUT2D eigenvalue weighted by atomic mass is 9.61. The van der Waals surface area contributed by atoms with Gasteiger partial charge in [0.1, 0.15) is 5.60 Å². The third-order valence-corrected chi connectivity index (χ3v) is 8.56. The smallest absolute Gasteiger partial charge is 0.308 e. The lowest BCUT2D eigenvalue weighted by molar-refractivity contribution is -0.175. The van der Waals surface area contributed by atoms with Crippen molar-refractivity contribution in [1.29, 1.82) is 0 Å². The molecule has 0 bridgehead atoms. The van der Waals surface area contributed by atoms with Gasteiger partial charge in [-0.2, -0.15) is 0 Å². The van der Waals surface area contributed by atoms with Gasteiger partial charge in [0.2, 0.25) is 0 Å². The number of allylic oxidation sites excluding steroid dienone is 1. The van der Waals surface area contributed by atoms with Gasteiger partial charge in [-0.15, -0.1) is 0 Å². The van der Waals surface area contributed by atoms with Gasteiger partial charge < -0.3 is 14.9 Å². The molecule has 4 aliphatic rings. The maximum atomic E-state index is 12.8. The second-order valence-corrected chi connectivity index (χ2v) is 10.7. The number of aliphatic hydroxyl groups excluding tert-OH is 1. The number of carbonyl (C=O) groups is 2. The highest BCUT2D eigenvalue weighted by atomic mass is 16.6. The summed E-state index contributed by atoms with van der Waals surface area (Å²) in [7, 11) is 0. The minimum atomic E-state index is -1.10. The van der Waals surface area contributed by atoms with Crippen molar-refractivity contribution in [2.75, 3.05) is 6.61 Å². The number of esters is 1. The molecule has 0 spiro atoms. The minimum absolute atomic E-state index is 0.0383. The van der Waals surface area contributed by atoms with Crippen LogP contribution < -0.4 is 0 Å². The third-order valence-electron chi connectivity index (χ3n) is 8.56. The van der Waals surface area contributed by atoms with E-state index in [0.717, 1.165) is 5.57 Å². The highest BCUT2D eigenvalue weighted by Crippen LogP contribution is 2.76. The zero-order valence-electron chi connectivity index (χ0n) is 18.4. The summed E-state index contributed by atoms with van der Waals surface area (Å²) in [5.41, 5.74) is -0.474. The Bertz CT molecular complexity index is 821. The molecule has 5 heteroatoms. The summed E-state index contributed by atoms with van der Waals surface area (Å²) < 4.78 is 6.13. The fourth-order valence-electron chi connectivity index (χ4n) is 6.83. The molecule has 4 rings (SSSR count). The lowest BCUT2D eigenvalue weighted by Gasteiger charge is -2.49. The monoisotopic (exact) mass is 402 g/mol. The molecule has 29 heavy (non-hydrogen) atoms. The number of hydrogen-bond acceptors (Lipinski definition) is 5. The van der Waals surface area contributed by atoms with E-state index in [1.165, 1.54) is 0 Å². The molecule has 0 unspecified atom stereocenters. The molecule has 4 aliphatic carbocycles. The summed E-state index contributed by atoms with van der Waals surface area (Å²) in [6, 6.07) is 0. The first-order valence-electron chi connectivity index (χ1n) is 10.9. The van der Waals surface area contributed by atoms with Gasteiger partial charge in [-0.25, -0.2) is 0 Å². The second kappa shape index (κ2) is 6.27. The van der Waals surface area contributed by atoms with Crippen molar-refractivity contribution in [3.63, 3.8) is 0 Å². The number of aliphatic hydroxyl groups is 2. The van der Waals surface area contributed by atoms with E-state index in [4.69, 9.17) is 4.74 Å². The minimum Gasteiger partial charge on any atom is -0.458 e. The van der Waals surface area contributed by atoms with E-state index >= 15 is 0 Å². The van der Waals surface area contributed by atoms with Gasteiger partial charge >= 0.3 is 5.97 Å². The van der Waals surface area contributed by atoms with Crippen LogP contribution in [0.25, 0.3) is 0 Å². The van der Waals surface area contributed by atoms with Crippen molar-refractivity contribution in [1.82, 2.24) is 0 Å². The third kappa shape index (κ3) is 2.53. The van der Waals surface area contributed by atoms with E-state index in [-0.39, 0.29) is 59.3 Å². The van der Waals surface area contributed by atoms with Crippen LogP contribution in [0.15, 0.2) is 23.3 Å². The first-order chi connectivity index (χ1) is 13.4. The van der Waals surface area contributed by atoms with Gasteiger partial charge in [0.05, 0.1) is 18.1 Å². The fraction of sp³-hybridized carbons (Fsp3) is 0.750. The number of rotatable bonds is 3. The molecule has 0 amide bonds. The summed E-state index contributed by atoms with van der Waals surface area (Å²) in [6.07, 6.45) is 5.02. The molecular formula is C24H34O5. The van der Waals surface area contributed by atoms with Crippen molar-refractivity contribution in [2.45, 2.75) is 65.6 Å². The normalized spacial score (nSPS) is 44.9. The van der Waals surface area contributed by atoms with E-state index in [2.05, 4.69) is 13.8 Å². The predicted molar refractivity (Wildman–Crippen MR) is 109 cm³/mol. The van der Waals surface area contributed by atoms with E-state index in [1.807, 2.05) is 39.8 Å². The van der Waals surface area contributed by atoms with Crippen LogP contribution in [0.1, 0.15) is 54.4 Å². The Labute approximate surface area is 173 Å². The summed E-state index contributed by atoms with van der Waals surface area (Å²) in [6.45, 7) is 11.6. The van der Waals surface area contributed by atoms with Crippen molar-refractivity contribution in [3.8, 4) is 0 Å². The Hall–Kier alpha value is -1.46. The van der Waals surface area contributed by atoms with Gasteiger partial charge in [0, 0.05) is 29.1 Å². The Balaban J connectivity index is 1.82. The lowest BCUT2D eigenvalue weighted by Crippen LogP contribution is -2.56. The molecule has 160 valence electrons. The summed E-state index contributed by atoms with van der Waals surface area (Å²) >= 11 is 0. The van der Waals surface area contributed by atoms with Crippen molar-refractivity contribution >= 4 is 11.8 Å². The molecule has 0 radical (unpaired) electrons. The first-order valence-corrected chi connectivity index (χ1v) is 10.9. The van der Waals surface area contributed by atoms with Crippen LogP contribution in [0, 0.1) is 40.9 Å². The molecule has 0 saturated heterocycles. The van der Waals surface area contributed by atoms with E-state index in [9.17, 15) is 19.8 Å². The van der Waals surface area contributed by atoms with Crippen molar-refractivity contribution < 1.29 is 24.5 Å². The highest BCUT2D eigenvalue weighted by molar-refractivity contribution is 5.99. The van der Waals surface area contributed by atoms with Crippen LogP contribution >= 0.6 is 0 Å². The average molecular weight is 403 g/mol. The number of hydrogen-bond donors (Lipinski definition) is 2. The van der Waals surface area contributed by atoms with E-state index < -0.39 is 11.2 Å². The predicted octanol–water partition coefficient (Wildman–Crippen LogP) is 3.05. The van der Waals surface area contributed by atoms with Crippen LogP contribution in [-0.4, -0.2) is 39.8 Å². The molecule has 2 fully saturated rings. The molecule has 0 aromatic carbocycles. The number of Topliss-reactive ketones (excluding diaryl/α,β-unsaturated/α-hetero) is 1. The molecule has 0 aromatic heterocycles. The summed E-state index contributed by atoms with van der Waals surface area (Å²) in [5.74, 6) is -1.39. The van der Waals surface area contributed by atoms with Crippen LogP contribution in [0.2, 0.25) is 0 Å². The van der Waals surface area contributed by atoms with Crippen LogP contribution in [0.5, 0.6) is 0 Å². The number of ketones is 1. The fourth-order valence-corrected chi connectivity index (χ4v) is 6.83. The number of fused-ring (bicyclic) bond motifs is 5. The summed E-state index contributed by atoms with van der Waals surface area (Å²) in [4.78, 5) is 25.4. The SMILES string of the molecule is CC1=C[C@@H]2[C@H](CC(CO)=C[C@H]3[C@@H]4C(C)(C)[C@]4(OC(=O)C(C)C)C[C@@H](C)[C@]23O)C1=O. The van der Waals surface area contributed by atoms with Gasteiger partial charge in [-0.3, -0.25) is 9.59 Å². The van der Waals surface area contributed by atoms with Crippen LogP contribution in [0.3, 0.4) is 0 Å². The molecule has 2 N–H and O–H groups in total. The molecule has 2 saturated carbocycles. The van der Waals surface area contributed by atoms with Gasteiger partial charge in [0.25, 0.3) is 0 Å². The Kier molecular flexibility index (Phi) is 4.50. The molecule has 0 aliphatic heterocycles. The van der Waals surface area contributed by atoms with Crippen molar-refractivity contribution in [3.05, 3.63) is 23.3 Å². The maximum absolute atomic E-state index is 12.8. The first kappa shape index (κ1) is 20.8. The van der Waals surface area contributed by atoms with Gasteiger partial charge in [0.15, 0.2) is 5.78 Å². The number of ether oxygens (including phenoxy) is 1. The molecule has 7 atom stereocenters.